The minimum atomic E-state index is 0.188. The van der Waals surface area contributed by atoms with Crippen molar-refractivity contribution < 1.29 is 9.90 Å². The highest BCUT2D eigenvalue weighted by Crippen LogP contribution is 2.25. The van der Waals surface area contributed by atoms with Crippen LogP contribution < -0.4 is 0 Å². The average molecular weight is 261 g/mol. The van der Waals surface area contributed by atoms with Gasteiger partial charge in [0.05, 0.1) is 6.54 Å². The standard InChI is InChI=1S/C16H23NO2/c1-13-5-2-6-14(11-13)16(19)12-17(9-4-10-18)15-7-3-8-15/h2,5-6,11,15,18H,3-4,7-10,12H2,1H3. The summed E-state index contributed by atoms with van der Waals surface area (Å²) in [6, 6.07) is 8.32. The molecule has 1 N–H and O–H groups in total. The van der Waals surface area contributed by atoms with Crippen molar-refractivity contribution in [2.45, 2.75) is 38.6 Å². The maximum Gasteiger partial charge on any atom is 0.176 e. The molecule has 0 aromatic heterocycles. The highest BCUT2D eigenvalue weighted by Gasteiger charge is 2.26. The van der Waals surface area contributed by atoms with E-state index in [-0.39, 0.29) is 12.4 Å². The summed E-state index contributed by atoms with van der Waals surface area (Å²) in [5, 5.41) is 8.96. The van der Waals surface area contributed by atoms with E-state index in [1.54, 1.807) is 0 Å². The molecular weight excluding hydrogens is 238 g/mol. The monoisotopic (exact) mass is 261 g/mol. The number of hydrogen-bond acceptors (Lipinski definition) is 3. The van der Waals surface area contributed by atoms with Gasteiger partial charge in [0.15, 0.2) is 5.78 Å². The Labute approximate surface area is 115 Å². The van der Waals surface area contributed by atoms with Crippen molar-refractivity contribution in [2.24, 2.45) is 0 Å². The third kappa shape index (κ3) is 3.88. The molecule has 1 aliphatic rings. The van der Waals surface area contributed by atoms with Crippen molar-refractivity contribution in [3.8, 4) is 0 Å². The molecule has 0 heterocycles. The minimum absolute atomic E-state index is 0.188. The molecule has 1 aliphatic carbocycles. The molecule has 104 valence electrons. The molecule has 0 radical (unpaired) electrons. The highest BCUT2D eigenvalue weighted by molar-refractivity contribution is 5.97. The molecule has 3 heteroatoms. The molecule has 1 saturated carbocycles. The molecule has 0 saturated heterocycles. The van der Waals surface area contributed by atoms with Gasteiger partial charge in [-0.2, -0.15) is 0 Å². The van der Waals surface area contributed by atoms with Crippen LogP contribution in [0.4, 0.5) is 0 Å². The second-order valence-corrected chi connectivity index (χ2v) is 5.43. The molecule has 0 atom stereocenters. The Morgan fingerprint density at radius 1 is 1.42 bits per heavy atom. The third-order valence-corrected chi connectivity index (χ3v) is 3.88. The van der Waals surface area contributed by atoms with Gasteiger partial charge in [0, 0.05) is 24.8 Å². The molecule has 3 nitrogen and oxygen atoms in total. The summed E-state index contributed by atoms with van der Waals surface area (Å²) in [4.78, 5) is 14.6. The first-order chi connectivity index (χ1) is 9.20. The summed E-state index contributed by atoms with van der Waals surface area (Å²) < 4.78 is 0. The van der Waals surface area contributed by atoms with Gasteiger partial charge in [0.1, 0.15) is 0 Å². The van der Waals surface area contributed by atoms with Gasteiger partial charge in [-0.25, -0.2) is 0 Å². The molecule has 1 aromatic carbocycles. The third-order valence-electron chi connectivity index (χ3n) is 3.88. The van der Waals surface area contributed by atoms with E-state index in [0.717, 1.165) is 24.1 Å². The maximum atomic E-state index is 12.3. The van der Waals surface area contributed by atoms with Crippen LogP contribution in [0.3, 0.4) is 0 Å². The quantitative estimate of drug-likeness (QED) is 0.766. The lowest BCUT2D eigenvalue weighted by molar-refractivity contribution is 0.0788. The van der Waals surface area contributed by atoms with E-state index < -0.39 is 0 Å². The van der Waals surface area contributed by atoms with Gasteiger partial charge in [-0.3, -0.25) is 9.69 Å². The molecular formula is C16H23NO2. The van der Waals surface area contributed by atoms with Crippen molar-refractivity contribution in [1.82, 2.24) is 4.90 Å². The van der Waals surface area contributed by atoms with Gasteiger partial charge >= 0.3 is 0 Å². The van der Waals surface area contributed by atoms with Crippen LogP contribution in [0.15, 0.2) is 24.3 Å². The van der Waals surface area contributed by atoms with Gasteiger partial charge in [-0.05, 0) is 32.3 Å². The van der Waals surface area contributed by atoms with Gasteiger partial charge < -0.3 is 5.11 Å². The number of carbonyl (C=O) groups is 1. The lowest BCUT2D eigenvalue weighted by Crippen LogP contribution is -2.43. The fraction of sp³-hybridized carbons (Fsp3) is 0.562. The van der Waals surface area contributed by atoms with Crippen LogP contribution in [0.5, 0.6) is 0 Å². The molecule has 1 fully saturated rings. The van der Waals surface area contributed by atoms with E-state index in [9.17, 15) is 4.79 Å². The van der Waals surface area contributed by atoms with Crippen LogP contribution in [-0.4, -0.2) is 41.5 Å². The van der Waals surface area contributed by atoms with E-state index >= 15 is 0 Å². The number of nitrogens with zero attached hydrogens (tertiary/aromatic N) is 1. The Morgan fingerprint density at radius 2 is 2.21 bits per heavy atom. The van der Waals surface area contributed by atoms with Crippen LogP contribution in [0.25, 0.3) is 0 Å². The number of ketones is 1. The van der Waals surface area contributed by atoms with Gasteiger partial charge in [0.2, 0.25) is 0 Å². The molecule has 0 amide bonds. The molecule has 19 heavy (non-hydrogen) atoms. The van der Waals surface area contributed by atoms with E-state index in [1.807, 2.05) is 31.2 Å². The maximum absolute atomic E-state index is 12.3. The zero-order valence-electron chi connectivity index (χ0n) is 11.6. The average Bonchev–Trinajstić information content (AvgIpc) is 2.33. The van der Waals surface area contributed by atoms with Crippen molar-refractivity contribution in [1.29, 1.82) is 0 Å². The Bertz CT molecular complexity index is 427. The van der Waals surface area contributed by atoms with Crippen molar-refractivity contribution in [2.75, 3.05) is 19.7 Å². The van der Waals surface area contributed by atoms with Crippen LogP contribution in [0.2, 0.25) is 0 Å². The predicted octanol–water partition coefficient (Wildman–Crippen LogP) is 2.41. The summed E-state index contributed by atoms with van der Waals surface area (Å²) in [6.45, 7) is 3.50. The van der Waals surface area contributed by atoms with E-state index in [2.05, 4.69) is 4.90 Å². The summed E-state index contributed by atoms with van der Waals surface area (Å²) in [7, 11) is 0. The normalized spacial score (nSPS) is 15.5. The number of rotatable bonds is 7. The minimum Gasteiger partial charge on any atom is -0.396 e. The second kappa shape index (κ2) is 6.83. The zero-order valence-corrected chi connectivity index (χ0v) is 11.6. The lowest BCUT2D eigenvalue weighted by Gasteiger charge is -2.37. The summed E-state index contributed by atoms with van der Waals surface area (Å²) in [6.07, 6.45) is 4.38. The van der Waals surface area contributed by atoms with Crippen molar-refractivity contribution >= 4 is 5.78 Å². The smallest absolute Gasteiger partial charge is 0.176 e. The zero-order chi connectivity index (χ0) is 13.7. The molecule has 0 aliphatic heterocycles. The number of aliphatic hydroxyl groups is 1. The first-order valence-corrected chi connectivity index (χ1v) is 7.15. The van der Waals surface area contributed by atoms with Crippen LogP contribution in [0.1, 0.15) is 41.6 Å². The fourth-order valence-electron chi connectivity index (χ4n) is 2.51. The number of hydrogen-bond donors (Lipinski definition) is 1. The van der Waals surface area contributed by atoms with Crippen LogP contribution in [0, 0.1) is 6.92 Å². The van der Waals surface area contributed by atoms with Crippen molar-refractivity contribution in [3.63, 3.8) is 0 Å². The molecule has 0 unspecified atom stereocenters. The Kier molecular flexibility index (Phi) is 5.11. The molecule has 1 aromatic rings. The summed E-state index contributed by atoms with van der Waals surface area (Å²) >= 11 is 0. The number of benzene rings is 1. The Hall–Kier alpha value is -1.19. The predicted molar refractivity (Wildman–Crippen MR) is 76.4 cm³/mol. The van der Waals surface area contributed by atoms with E-state index in [0.29, 0.717) is 12.6 Å². The summed E-state index contributed by atoms with van der Waals surface area (Å²) in [5.41, 5.74) is 1.92. The van der Waals surface area contributed by atoms with E-state index in [1.165, 1.54) is 19.3 Å². The molecule has 0 bridgehead atoms. The SMILES string of the molecule is Cc1cccc(C(=O)CN(CCCO)C2CCC2)c1. The highest BCUT2D eigenvalue weighted by atomic mass is 16.3. The largest absolute Gasteiger partial charge is 0.396 e. The van der Waals surface area contributed by atoms with E-state index in [4.69, 9.17) is 5.11 Å². The topological polar surface area (TPSA) is 40.5 Å². The number of aliphatic hydroxyl groups excluding tert-OH is 1. The fourth-order valence-corrected chi connectivity index (χ4v) is 2.51. The van der Waals surface area contributed by atoms with Gasteiger partial charge in [0.25, 0.3) is 0 Å². The molecule has 2 rings (SSSR count). The number of Topliss-reactive ketones (excluding diaryl/α,β-unsaturated/α-hetero) is 1. The molecule has 0 spiro atoms. The first-order valence-electron chi connectivity index (χ1n) is 7.15. The number of aryl methyl sites for hydroxylation is 1. The van der Waals surface area contributed by atoms with Crippen molar-refractivity contribution in [3.05, 3.63) is 35.4 Å². The first kappa shape index (κ1) is 14.2. The second-order valence-electron chi connectivity index (χ2n) is 5.43. The van der Waals surface area contributed by atoms with Crippen LogP contribution in [-0.2, 0) is 0 Å². The van der Waals surface area contributed by atoms with Gasteiger partial charge in [-0.1, -0.05) is 30.2 Å². The number of carbonyl (C=O) groups excluding carboxylic acids is 1. The Morgan fingerprint density at radius 3 is 2.79 bits per heavy atom. The van der Waals surface area contributed by atoms with Gasteiger partial charge in [-0.15, -0.1) is 0 Å². The summed E-state index contributed by atoms with van der Waals surface area (Å²) in [5.74, 6) is 0.188. The lowest BCUT2D eigenvalue weighted by atomic mass is 9.91. The Balaban J connectivity index is 1.97. The van der Waals surface area contributed by atoms with Crippen LogP contribution >= 0.6 is 0 Å².